The van der Waals surface area contributed by atoms with Crippen LogP contribution in [0.5, 0.6) is 5.75 Å². The van der Waals surface area contributed by atoms with Crippen LogP contribution >= 0.6 is 23.4 Å². The smallest absolute Gasteiger partial charge is 0.237 e. The van der Waals surface area contributed by atoms with Crippen molar-refractivity contribution >= 4 is 40.9 Å². The van der Waals surface area contributed by atoms with E-state index < -0.39 is 0 Å². The van der Waals surface area contributed by atoms with Gasteiger partial charge in [-0.05, 0) is 24.6 Å². The van der Waals surface area contributed by atoms with Gasteiger partial charge in [-0.1, -0.05) is 30.3 Å². The molecule has 3 N–H and O–H groups in total. The number of ether oxygens (including phenoxy) is 1. The quantitative estimate of drug-likeness (QED) is 0.769. The van der Waals surface area contributed by atoms with Gasteiger partial charge >= 0.3 is 0 Å². The molecular weight excluding hydrogens is 338 g/mol. The van der Waals surface area contributed by atoms with Crippen LogP contribution in [0.3, 0.4) is 0 Å². The summed E-state index contributed by atoms with van der Waals surface area (Å²) >= 11 is 7.28. The van der Waals surface area contributed by atoms with Crippen molar-refractivity contribution in [3.8, 4) is 5.75 Å². The van der Waals surface area contributed by atoms with Gasteiger partial charge in [0.05, 0.1) is 17.4 Å². The van der Waals surface area contributed by atoms with Gasteiger partial charge in [0.2, 0.25) is 11.9 Å². The Morgan fingerprint density at radius 1 is 1.48 bits per heavy atom. The molecule has 122 valence electrons. The number of methoxy groups -OCH3 is 1. The van der Waals surface area contributed by atoms with Crippen LogP contribution in [0.1, 0.15) is 13.3 Å². The number of nitrogens with one attached hydrogen (secondary N) is 1. The molecule has 23 heavy (non-hydrogen) atoms. The number of halogens is 1. The number of amides is 1. The topological polar surface area (TPSA) is 103 Å². The van der Waals surface area contributed by atoms with Crippen LogP contribution in [-0.4, -0.2) is 33.2 Å². The molecule has 0 aliphatic heterocycles. The van der Waals surface area contributed by atoms with Gasteiger partial charge < -0.3 is 15.8 Å². The zero-order valence-corrected chi connectivity index (χ0v) is 14.2. The predicted molar refractivity (Wildman–Crippen MR) is 90.8 cm³/mol. The normalized spacial score (nSPS) is 11.8. The maximum Gasteiger partial charge on any atom is 0.237 e. The Bertz CT molecular complexity index is 701. The Kier molecular flexibility index (Phi) is 6.00. The molecule has 1 unspecified atom stereocenters. The van der Waals surface area contributed by atoms with E-state index in [1.165, 1.54) is 25.2 Å². The zero-order chi connectivity index (χ0) is 16.8. The fourth-order valence-electron chi connectivity index (χ4n) is 1.77. The van der Waals surface area contributed by atoms with Gasteiger partial charge in [0.15, 0.2) is 5.16 Å². The van der Waals surface area contributed by atoms with E-state index in [2.05, 4.69) is 20.3 Å². The Hall–Kier alpha value is -2.06. The number of carbonyl (C=O) groups excluding carboxylic acids is 1. The number of hydrogen-bond acceptors (Lipinski definition) is 7. The molecule has 1 aromatic carbocycles. The molecule has 1 heterocycles. The van der Waals surface area contributed by atoms with Crippen molar-refractivity contribution in [3.63, 3.8) is 0 Å². The lowest BCUT2D eigenvalue weighted by Crippen LogP contribution is -2.24. The third-order valence-corrected chi connectivity index (χ3v) is 4.43. The Labute approximate surface area is 143 Å². The Balaban J connectivity index is 2.06. The summed E-state index contributed by atoms with van der Waals surface area (Å²) in [6.45, 7) is 1.91. The van der Waals surface area contributed by atoms with Gasteiger partial charge in [-0.15, -0.1) is 0 Å². The maximum absolute atomic E-state index is 12.4. The van der Waals surface area contributed by atoms with Gasteiger partial charge in [-0.2, -0.15) is 4.98 Å². The Morgan fingerprint density at radius 2 is 2.26 bits per heavy atom. The summed E-state index contributed by atoms with van der Waals surface area (Å²) in [4.78, 5) is 24.1. The minimum atomic E-state index is -0.363. The van der Waals surface area contributed by atoms with Crippen LogP contribution in [0.15, 0.2) is 29.7 Å². The predicted octanol–water partition coefficient (Wildman–Crippen LogP) is 2.63. The molecule has 9 heteroatoms. The van der Waals surface area contributed by atoms with Crippen molar-refractivity contribution in [2.45, 2.75) is 23.8 Å². The van der Waals surface area contributed by atoms with Crippen molar-refractivity contribution in [3.05, 3.63) is 29.5 Å². The second-order valence-electron chi connectivity index (χ2n) is 4.48. The number of nitrogen functional groups attached to an aromatic ring is 1. The highest BCUT2D eigenvalue weighted by Crippen LogP contribution is 2.28. The van der Waals surface area contributed by atoms with E-state index in [0.29, 0.717) is 28.0 Å². The number of rotatable bonds is 6. The molecule has 1 aromatic heterocycles. The molecule has 2 aromatic rings. The molecule has 0 aliphatic rings. The highest BCUT2D eigenvalue weighted by atomic mass is 35.5. The number of aromatic nitrogens is 3. The van der Waals surface area contributed by atoms with Crippen LogP contribution < -0.4 is 15.8 Å². The summed E-state index contributed by atoms with van der Waals surface area (Å²) in [6.07, 6.45) is 1.92. The first-order chi connectivity index (χ1) is 11.0. The summed E-state index contributed by atoms with van der Waals surface area (Å²) < 4.78 is 5.08. The maximum atomic E-state index is 12.4. The van der Waals surface area contributed by atoms with E-state index in [0.717, 1.165) is 0 Å². The third-order valence-electron chi connectivity index (χ3n) is 2.90. The number of nitrogens with two attached hydrogens (primary N) is 1. The lowest BCUT2D eigenvalue weighted by molar-refractivity contribution is -0.115. The molecular formula is C14H16ClN5O2S. The first kappa shape index (κ1) is 17.3. The first-order valence-electron chi connectivity index (χ1n) is 6.79. The van der Waals surface area contributed by atoms with Gasteiger partial charge in [0, 0.05) is 5.69 Å². The summed E-state index contributed by atoms with van der Waals surface area (Å²) in [5.74, 6) is 0.504. The SMILES string of the molecule is CCC(Sc1ncnc(N)n1)C(=O)Nc1ccc(OC)c(Cl)c1. The molecule has 1 atom stereocenters. The summed E-state index contributed by atoms with van der Waals surface area (Å²) in [6, 6.07) is 5.05. The number of thioether (sulfide) groups is 1. The van der Waals surface area contributed by atoms with Crippen molar-refractivity contribution in [2.24, 2.45) is 0 Å². The zero-order valence-electron chi connectivity index (χ0n) is 12.6. The van der Waals surface area contributed by atoms with Crippen LogP contribution in [-0.2, 0) is 4.79 Å². The molecule has 0 radical (unpaired) electrons. The molecule has 0 saturated carbocycles. The van der Waals surface area contributed by atoms with E-state index in [1.54, 1.807) is 18.2 Å². The molecule has 0 bridgehead atoms. The van der Waals surface area contributed by atoms with E-state index in [1.807, 2.05) is 6.92 Å². The molecule has 7 nitrogen and oxygen atoms in total. The van der Waals surface area contributed by atoms with Gasteiger partial charge in [0.1, 0.15) is 12.1 Å². The summed E-state index contributed by atoms with van der Waals surface area (Å²) in [5, 5.41) is 3.29. The van der Waals surface area contributed by atoms with Crippen LogP contribution in [0.25, 0.3) is 0 Å². The third kappa shape index (κ3) is 4.70. The molecule has 2 rings (SSSR count). The first-order valence-corrected chi connectivity index (χ1v) is 8.04. The van der Waals surface area contributed by atoms with E-state index in [4.69, 9.17) is 22.1 Å². The standard InChI is InChI=1S/C14H16ClN5O2S/c1-3-11(23-14-18-7-17-13(16)20-14)12(21)19-8-4-5-10(22-2)9(15)6-8/h4-7,11H,3H2,1-2H3,(H,19,21)(H2,16,17,18,20). The molecule has 1 amide bonds. The lowest BCUT2D eigenvalue weighted by Gasteiger charge is -2.14. The number of benzene rings is 1. The van der Waals surface area contributed by atoms with E-state index in [9.17, 15) is 4.79 Å². The Morgan fingerprint density at radius 3 is 2.87 bits per heavy atom. The second kappa shape index (κ2) is 7.98. The van der Waals surface area contributed by atoms with Crippen molar-refractivity contribution in [2.75, 3.05) is 18.2 Å². The molecule has 0 fully saturated rings. The van der Waals surface area contributed by atoms with Crippen LogP contribution in [0, 0.1) is 0 Å². The van der Waals surface area contributed by atoms with Crippen molar-refractivity contribution in [1.29, 1.82) is 0 Å². The second-order valence-corrected chi connectivity index (χ2v) is 6.06. The number of hydrogen-bond donors (Lipinski definition) is 2. The number of carbonyl (C=O) groups is 1. The summed E-state index contributed by atoms with van der Waals surface area (Å²) in [5.41, 5.74) is 6.11. The van der Waals surface area contributed by atoms with Crippen LogP contribution in [0.2, 0.25) is 5.02 Å². The number of nitrogens with zero attached hydrogens (tertiary/aromatic N) is 3. The average Bonchev–Trinajstić information content (AvgIpc) is 2.52. The molecule has 0 spiro atoms. The van der Waals surface area contributed by atoms with Crippen molar-refractivity contribution in [1.82, 2.24) is 15.0 Å². The van der Waals surface area contributed by atoms with E-state index in [-0.39, 0.29) is 17.1 Å². The average molecular weight is 354 g/mol. The fraction of sp³-hybridized carbons (Fsp3) is 0.286. The van der Waals surface area contributed by atoms with E-state index >= 15 is 0 Å². The molecule has 0 aliphatic carbocycles. The largest absolute Gasteiger partial charge is 0.495 e. The van der Waals surface area contributed by atoms with Crippen LogP contribution in [0.4, 0.5) is 11.6 Å². The summed E-state index contributed by atoms with van der Waals surface area (Å²) in [7, 11) is 1.53. The highest BCUT2D eigenvalue weighted by Gasteiger charge is 2.20. The highest BCUT2D eigenvalue weighted by molar-refractivity contribution is 8.00. The monoisotopic (exact) mass is 353 g/mol. The molecule has 0 saturated heterocycles. The van der Waals surface area contributed by atoms with Gasteiger partial charge in [-0.25, -0.2) is 9.97 Å². The lowest BCUT2D eigenvalue weighted by atomic mass is 10.2. The minimum Gasteiger partial charge on any atom is -0.495 e. The minimum absolute atomic E-state index is 0.125. The van der Waals surface area contributed by atoms with Crippen molar-refractivity contribution < 1.29 is 9.53 Å². The number of anilines is 2. The van der Waals surface area contributed by atoms with Gasteiger partial charge in [-0.3, -0.25) is 4.79 Å². The fourth-order valence-corrected chi connectivity index (χ4v) is 2.87. The van der Waals surface area contributed by atoms with Gasteiger partial charge in [0.25, 0.3) is 0 Å².